The summed E-state index contributed by atoms with van der Waals surface area (Å²) in [6.45, 7) is 7.69. The minimum atomic E-state index is 0.364. The van der Waals surface area contributed by atoms with Crippen LogP contribution in [0.5, 0.6) is 0 Å². The Bertz CT molecular complexity index is 157. The normalized spacial score (nSPS) is 30.5. The predicted molar refractivity (Wildman–Crippen MR) is 66.3 cm³/mol. The van der Waals surface area contributed by atoms with Crippen molar-refractivity contribution in [2.75, 3.05) is 19.6 Å². The molecule has 13 heavy (non-hydrogen) atoms. The number of nitrogens with one attached hydrogen (secondary N) is 1. The zero-order valence-electron chi connectivity index (χ0n) is 8.70. The highest BCUT2D eigenvalue weighted by Crippen LogP contribution is 2.37. The molecule has 1 heterocycles. The standard InChI is InChI=1S/C10H21IN2/c1-9(2,11)6-10(7-12)4-3-5-13-8-10/h13H,3-8,12H2,1-2H3/t10-/m0/s1. The lowest BCUT2D eigenvalue weighted by Crippen LogP contribution is -2.47. The molecule has 1 rings (SSSR count). The Labute approximate surface area is 95.2 Å². The van der Waals surface area contributed by atoms with Crippen molar-refractivity contribution in [3.8, 4) is 0 Å². The van der Waals surface area contributed by atoms with Gasteiger partial charge < -0.3 is 11.1 Å². The molecule has 1 fully saturated rings. The maximum Gasteiger partial charge on any atom is 0.0172 e. The van der Waals surface area contributed by atoms with Crippen molar-refractivity contribution in [2.24, 2.45) is 11.1 Å². The summed E-state index contributed by atoms with van der Waals surface area (Å²) in [7, 11) is 0. The van der Waals surface area contributed by atoms with Gasteiger partial charge in [0.2, 0.25) is 0 Å². The Hall–Kier alpha value is 0.650. The Morgan fingerprint density at radius 3 is 2.62 bits per heavy atom. The molecular weight excluding hydrogens is 275 g/mol. The van der Waals surface area contributed by atoms with E-state index in [1.807, 2.05) is 0 Å². The van der Waals surface area contributed by atoms with E-state index in [9.17, 15) is 0 Å². The van der Waals surface area contributed by atoms with Crippen molar-refractivity contribution >= 4 is 22.6 Å². The fourth-order valence-electron chi connectivity index (χ4n) is 2.32. The zero-order valence-corrected chi connectivity index (χ0v) is 10.9. The van der Waals surface area contributed by atoms with Crippen molar-refractivity contribution in [1.29, 1.82) is 0 Å². The first-order valence-electron chi connectivity index (χ1n) is 5.07. The van der Waals surface area contributed by atoms with Gasteiger partial charge in [0.15, 0.2) is 0 Å². The first kappa shape index (κ1) is 11.7. The summed E-state index contributed by atoms with van der Waals surface area (Å²) in [5.74, 6) is 0. The number of piperidine rings is 1. The van der Waals surface area contributed by atoms with Crippen LogP contribution < -0.4 is 11.1 Å². The van der Waals surface area contributed by atoms with Gasteiger partial charge in [-0.25, -0.2) is 0 Å². The highest BCUT2D eigenvalue weighted by Gasteiger charge is 2.35. The minimum Gasteiger partial charge on any atom is -0.330 e. The largest absolute Gasteiger partial charge is 0.330 e. The molecule has 1 aliphatic heterocycles. The molecule has 3 N–H and O–H groups in total. The van der Waals surface area contributed by atoms with Crippen LogP contribution in [0.15, 0.2) is 0 Å². The molecule has 3 heteroatoms. The summed E-state index contributed by atoms with van der Waals surface area (Å²) in [6.07, 6.45) is 3.80. The van der Waals surface area contributed by atoms with Crippen LogP contribution >= 0.6 is 22.6 Å². The summed E-state index contributed by atoms with van der Waals surface area (Å²) in [5.41, 5.74) is 6.27. The summed E-state index contributed by atoms with van der Waals surface area (Å²) >= 11 is 2.53. The third-order valence-corrected chi connectivity index (χ3v) is 3.17. The molecular formula is C10H21IN2. The smallest absolute Gasteiger partial charge is 0.0172 e. The van der Waals surface area contributed by atoms with Crippen molar-refractivity contribution in [1.82, 2.24) is 5.32 Å². The Kier molecular flexibility index (Phi) is 4.01. The molecule has 0 amide bonds. The Balaban J connectivity index is 2.57. The number of rotatable bonds is 3. The molecule has 0 aromatic heterocycles. The van der Waals surface area contributed by atoms with Crippen molar-refractivity contribution < 1.29 is 0 Å². The van der Waals surface area contributed by atoms with Crippen LogP contribution in [0.1, 0.15) is 33.1 Å². The van der Waals surface area contributed by atoms with E-state index in [-0.39, 0.29) is 0 Å². The summed E-state index contributed by atoms with van der Waals surface area (Å²) in [5, 5.41) is 3.47. The molecule has 0 bridgehead atoms. The van der Waals surface area contributed by atoms with E-state index in [1.54, 1.807) is 0 Å². The topological polar surface area (TPSA) is 38.0 Å². The first-order valence-corrected chi connectivity index (χ1v) is 6.15. The van der Waals surface area contributed by atoms with E-state index < -0.39 is 0 Å². The molecule has 1 atom stereocenters. The predicted octanol–water partition coefficient (Wildman–Crippen LogP) is 1.92. The molecule has 0 aromatic carbocycles. The van der Waals surface area contributed by atoms with Crippen LogP contribution in [0, 0.1) is 5.41 Å². The van der Waals surface area contributed by atoms with Gasteiger partial charge in [0.05, 0.1) is 0 Å². The maximum absolute atomic E-state index is 5.90. The lowest BCUT2D eigenvalue weighted by atomic mass is 9.75. The minimum absolute atomic E-state index is 0.364. The molecule has 1 aliphatic rings. The third-order valence-electron chi connectivity index (χ3n) is 2.79. The molecule has 2 nitrogen and oxygen atoms in total. The highest BCUT2D eigenvalue weighted by atomic mass is 127. The molecule has 0 aromatic rings. The lowest BCUT2D eigenvalue weighted by molar-refractivity contribution is 0.189. The highest BCUT2D eigenvalue weighted by molar-refractivity contribution is 14.1. The second kappa shape index (κ2) is 4.45. The fraction of sp³-hybridized carbons (Fsp3) is 1.00. The summed E-state index contributed by atoms with van der Waals surface area (Å²) in [6, 6.07) is 0. The molecule has 0 saturated carbocycles. The number of alkyl halides is 1. The van der Waals surface area contributed by atoms with Crippen LogP contribution in [0.2, 0.25) is 0 Å². The second-order valence-electron chi connectivity index (χ2n) is 4.88. The van der Waals surface area contributed by atoms with E-state index in [2.05, 4.69) is 41.8 Å². The molecule has 78 valence electrons. The first-order chi connectivity index (χ1) is 5.97. The van der Waals surface area contributed by atoms with Gasteiger partial charge in [-0.3, -0.25) is 0 Å². The molecule has 0 radical (unpaired) electrons. The molecule has 0 unspecified atom stereocenters. The van der Waals surface area contributed by atoms with Gasteiger partial charge in [-0.2, -0.15) is 0 Å². The van der Waals surface area contributed by atoms with Crippen LogP contribution in [0.25, 0.3) is 0 Å². The van der Waals surface area contributed by atoms with Gasteiger partial charge in [-0.15, -0.1) is 0 Å². The van der Waals surface area contributed by atoms with E-state index in [4.69, 9.17) is 5.73 Å². The second-order valence-corrected chi connectivity index (χ2v) is 7.80. The number of hydrogen-bond donors (Lipinski definition) is 2. The number of halogens is 1. The van der Waals surface area contributed by atoms with E-state index in [0.29, 0.717) is 8.84 Å². The van der Waals surface area contributed by atoms with Gasteiger partial charge in [0.1, 0.15) is 0 Å². The fourth-order valence-corrected chi connectivity index (χ4v) is 3.13. The average molecular weight is 296 g/mol. The lowest BCUT2D eigenvalue weighted by Gasteiger charge is -2.40. The van der Waals surface area contributed by atoms with Crippen LogP contribution in [-0.2, 0) is 0 Å². The summed E-state index contributed by atoms with van der Waals surface area (Å²) < 4.78 is 0.371. The Morgan fingerprint density at radius 2 is 2.23 bits per heavy atom. The van der Waals surface area contributed by atoms with Crippen LogP contribution in [0.4, 0.5) is 0 Å². The average Bonchev–Trinajstić information content (AvgIpc) is 2.03. The van der Waals surface area contributed by atoms with Gasteiger partial charge in [0, 0.05) is 9.97 Å². The molecule has 0 aliphatic carbocycles. The third kappa shape index (κ3) is 3.72. The molecule has 0 spiro atoms. The quantitative estimate of drug-likeness (QED) is 0.617. The van der Waals surface area contributed by atoms with Gasteiger partial charge >= 0.3 is 0 Å². The van der Waals surface area contributed by atoms with E-state index in [1.165, 1.54) is 25.8 Å². The van der Waals surface area contributed by atoms with Gasteiger partial charge in [-0.05, 0) is 37.8 Å². The SMILES string of the molecule is CC(C)(I)C[C@]1(CN)CCCNC1. The monoisotopic (exact) mass is 296 g/mol. The summed E-state index contributed by atoms with van der Waals surface area (Å²) in [4.78, 5) is 0. The maximum atomic E-state index is 5.90. The van der Waals surface area contributed by atoms with Gasteiger partial charge in [0.25, 0.3) is 0 Å². The zero-order chi connectivity index (χ0) is 9.95. The van der Waals surface area contributed by atoms with Crippen molar-refractivity contribution in [2.45, 2.75) is 36.5 Å². The Morgan fingerprint density at radius 1 is 1.54 bits per heavy atom. The number of nitrogens with two attached hydrogens (primary N) is 1. The van der Waals surface area contributed by atoms with Crippen molar-refractivity contribution in [3.63, 3.8) is 0 Å². The van der Waals surface area contributed by atoms with Crippen molar-refractivity contribution in [3.05, 3.63) is 0 Å². The molecule has 1 saturated heterocycles. The van der Waals surface area contributed by atoms with Crippen LogP contribution in [0.3, 0.4) is 0 Å². The van der Waals surface area contributed by atoms with E-state index >= 15 is 0 Å². The number of hydrogen-bond acceptors (Lipinski definition) is 2. The van der Waals surface area contributed by atoms with Crippen LogP contribution in [-0.4, -0.2) is 23.1 Å². The van der Waals surface area contributed by atoms with Gasteiger partial charge in [-0.1, -0.05) is 36.4 Å². The van der Waals surface area contributed by atoms with E-state index in [0.717, 1.165) is 13.1 Å².